The maximum atomic E-state index is 6.09. The molecule has 122 valence electrons. The fraction of sp³-hybridized carbons (Fsp3) is 0.647. The first kappa shape index (κ1) is 20.2. The van der Waals surface area contributed by atoms with E-state index in [1.54, 1.807) is 0 Å². The molecular formula is C17H30ClNO2. The van der Waals surface area contributed by atoms with Crippen molar-refractivity contribution in [2.75, 3.05) is 19.8 Å². The molecule has 3 nitrogen and oxygen atoms in total. The lowest BCUT2D eigenvalue weighted by atomic mass is 10.0. The minimum absolute atomic E-state index is 0. The topological polar surface area (TPSA) is 44.5 Å². The number of hydrogen-bond acceptors (Lipinski definition) is 3. The van der Waals surface area contributed by atoms with Gasteiger partial charge >= 0.3 is 0 Å². The van der Waals surface area contributed by atoms with E-state index in [1.165, 1.54) is 11.1 Å². The summed E-state index contributed by atoms with van der Waals surface area (Å²) in [6, 6.07) is 6.63. The van der Waals surface area contributed by atoms with Crippen LogP contribution in [0.4, 0.5) is 0 Å². The number of rotatable bonds is 10. The second kappa shape index (κ2) is 11.8. The van der Waals surface area contributed by atoms with Crippen LogP contribution in [0.15, 0.2) is 18.2 Å². The van der Waals surface area contributed by atoms with Crippen LogP contribution < -0.4 is 10.5 Å². The number of hydrogen-bond donors (Lipinski definition) is 1. The molecular weight excluding hydrogens is 286 g/mol. The van der Waals surface area contributed by atoms with Crippen LogP contribution in [0, 0.1) is 0 Å². The molecule has 0 aliphatic carbocycles. The van der Waals surface area contributed by atoms with Gasteiger partial charge in [-0.1, -0.05) is 26.0 Å². The van der Waals surface area contributed by atoms with Gasteiger partial charge in [-0.3, -0.25) is 0 Å². The average Bonchev–Trinajstić information content (AvgIpc) is 2.46. The quantitative estimate of drug-likeness (QED) is 0.669. The molecule has 0 aliphatic heterocycles. The largest absolute Gasteiger partial charge is 0.493 e. The van der Waals surface area contributed by atoms with Crippen molar-refractivity contribution in [2.24, 2.45) is 5.73 Å². The van der Waals surface area contributed by atoms with Crippen LogP contribution in [-0.4, -0.2) is 25.9 Å². The Morgan fingerprint density at radius 2 is 1.90 bits per heavy atom. The van der Waals surface area contributed by atoms with Gasteiger partial charge in [0.1, 0.15) is 5.75 Å². The van der Waals surface area contributed by atoms with E-state index in [9.17, 15) is 0 Å². The predicted molar refractivity (Wildman–Crippen MR) is 91.6 cm³/mol. The zero-order chi connectivity index (χ0) is 14.8. The number of nitrogens with two attached hydrogens (primary N) is 1. The van der Waals surface area contributed by atoms with E-state index in [0.29, 0.717) is 0 Å². The first-order chi connectivity index (χ1) is 9.71. The molecule has 0 spiro atoms. The lowest BCUT2D eigenvalue weighted by Gasteiger charge is -2.15. The van der Waals surface area contributed by atoms with E-state index in [0.717, 1.165) is 51.3 Å². The van der Waals surface area contributed by atoms with Crippen molar-refractivity contribution in [2.45, 2.75) is 52.5 Å². The third kappa shape index (κ3) is 7.70. The van der Waals surface area contributed by atoms with Gasteiger partial charge in [0.25, 0.3) is 0 Å². The molecule has 0 fully saturated rings. The van der Waals surface area contributed by atoms with Crippen molar-refractivity contribution in [1.29, 1.82) is 0 Å². The van der Waals surface area contributed by atoms with Gasteiger partial charge in [0.15, 0.2) is 0 Å². The highest BCUT2D eigenvalue weighted by molar-refractivity contribution is 5.85. The Balaban J connectivity index is 0.00000400. The van der Waals surface area contributed by atoms with Crippen molar-refractivity contribution >= 4 is 12.4 Å². The highest BCUT2D eigenvalue weighted by Crippen LogP contribution is 2.23. The smallest absolute Gasteiger partial charge is 0.122 e. The van der Waals surface area contributed by atoms with E-state index in [-0.39, 0.29) is 18.4 Å². The Morgan fingerprint density at radius 3 is 2.52 bits per heavy atom. The Labute approximate surface area is 135 Å². The summed E-state index contributed by atoms with van der Waals surface area (Å²) in [7, 11) is 0. The van der Waals surface area contributed by atoms with Crippen molar-refractivity contribution in [3.05, 3.63) is 29.3 Å². The SMILES string of the molecule is CCCOc1ccc(CCOCC)cc1CC(N)CC.Cl. The maximum absolute atomic E-state index is 6.09. The highest BCUT2D eigenvalue weighted by atomic mass is 35.5. The lowest BCUT2D eigenvalue weighted by molar-refractivity contribution is 0.151. The van der Waals surface area contributed by atoms with E-state index in [2.05, 4.69) is 32.0 Å². The van der Waals surface area contributed by atoms with Crippen molar-refractivity contribution in [3.63, 3.8) is 0 Å². The molecule has 0 aromatic heterocycles. The van der Waals surface area contributed by atoms with Gasteiger partial charge in [-0.15, -0.1) is 12.4 Å². The second-order valence-electron chi connectivity index (χ2n) is 5.11. The van der Waals surface area contributed by atoms with Crippen LogP contribution in [-0.2, 0) is 17.6 Å². The third-order valence-electron chi connectivity index (χ3n) is 3.33. The van der Waals surface area contributed by atoms with E-state index >= 15 is 0 Å². The number of ether oxygens (including phenoxy) is 2. The summed E-state index contributed by atoms with van der Waals surface area (Å²) in [6.07, 6.45) is 3.82. The monoisotopic (exact) mass is 315 g/mol. The van der Waals surface area contributed by atoms with E-state index in [4.69, 9.17) is 15.2 Å². The molecule has 0 saturated carbocycles. The van der Waals surface area contributed by atoms with Gasteiger partial charge in [-0.2, -0.15) is 0 Å². The molecule has 2 N–H and O–H groups in total. The standard InChI is InChI=1S/C17H29NO2.ClH/c1-4-10-20-17-8-7-14(9-11-19-6-3)12-15(17)13-16(18)5-2;/h7-8,12,16H,4-6,9-11,13,18H2,1-3H3;1H. The van der Waals surface area contributed by atoms with Gasteiger partial charge in [0.05, 0.1) is 13.2 Å². The fourth-order valence-electron chi connectivity index (χ4n) is 2.06. The normalized spacial score (nSPS) is 11.8. The fourth-order valence-corrected chi connectivity index (χ4v) is 2.06. The minimum Gasteiger partial charge on any atom is -0.493 e. The van der Waals surface area contributed by atoms with Crippen molar-refractivity contribution < 1.29 is 9.47 Å². The number of benzene rings is 1. The van der Waals surface area contributed by atoms with Crippen LogP contribution in [0.5, 0.6) is 5.75 Å². The Morgan fingerprint density at radius 1 is 1.14 bits per heavy atom. The minimum atomic E-state index is 0. The van der Waals surface area contributed by atoms with Crippen LogP contribution in [0.25, 0.3) is 0 Å². The molecule has 0 bridgehead atoms. The molecule has 4 heteroatoms. The summed E-state index contributed by atoms with van der Waals surface area (Å²) in [6.45, 7) is 8.56. The van der Waals surface area contributed by atoms with E-state index < -0.39 is 0 Å². The van der Waals surface area contributed by atoms with Crippen LogP contribution in [0.3, 0.4) is 0 Å². The van der Waals surface area contributed by atoms with Gasteiger partial charge in [0.2, 0.25) is 0 Å². The number of halogens is 1. The molecule has 21 heavy (non-hydrogen) atoms. The van der Waals surface area contributed by atoms with Gasteiger partial charge < -0.3 is 15.2 Å². The van der Waals surface area contributed by atoms with Gasteiger partial charge in [0, 0.05) is 12.6 Å². The molecule has 1 unspecified atom stereocenters. The third-order valence-corrected chi connectivity index (χ3v) is 3.33. The summed E-state index contributed by atoms with van der Waals surface area (Å²) < 4.78 is 11.2. The maximum Gasteiger partial charge on any atom is 0.122 e. The van der Waals surface area contributed by atoms with E-state index in [1.807, 2.05) is 6.92 Å². The van der Waals surface area contributed by atoms with Crippen LogP contribution in [0.2, 0.25) is 0 Å². The van der Waals surface area contributed by atoms with Crippen molar-refractivity contribution in [3.8, 4) is 5.75 Å². The second-order valence-corrected chi connectivity index (χ2v) is 5.11. The van der Waals surface area contributed by atoms with Gasteiger partial charge in [-0.05, 0) is 49.8 Å². The lowest BCUT2D eigenvalue weighted by Crippen LogP contribution is -2.22. The average molecular weight is 316 g/mol. The molecule has 0 amide bonds. The summed E-state index contributed by atoms with van der Waals surface area (Å²) in [4.78, 5) is 0. The molecule has 0 aliphatic rings. The molecule has 1 aromatic carbocycles. The predicted octanol–water partition coefficient (Wildman–Crippen LogP) is 3.76. The molecule has 1 aromatic rings. The molecule has 0 radical (unpaired) electrons. The van der Waals surface area contributed by atoms with Crippen LogP contribution >= 0.6 is 12.4 Å². The highest BCUT2D eigenvalue weighted by Gasteiger charge is 2.09. The molecule has 0 heterocycles. The Hall–Kier alpha value is -0.770. The van der Waals surface area contributed by atoms with Crippen molar-refractivity contribution in [1.82, 2.24) is 0 Å². The Kier molecular flexibility index (Phi) is 11.4. The first-order valence-electron chi connectivity index (χ1n) is 7.79. The summed E-state index contributed by atoms with van der Waals surface area (Å²) in [5.41, 5.74) is 8.61. The summed E-state index contributed by atoms with van der Waals surface area (Å²) in [5, 5.41) is 0. The van der Waals surface area contributed by atoms with Gasteiger partial charge in [-0.25, -0.2) is 0 Å². The first-order valence-corrected chi connectivity index (χ1v) is 7.79. The summed E-state index contributed by atoms with van der Waals surface area (Å²) >= 11 is 0. The zero-order valence-electron chi connectivity index (χ0n) is 13.6. The van der Waals surface area contributed by atoms with Crippen LogP contribution in [0.1, 0.15) is 44.7 Å². The Bertz CT molecular complexity index is 385. The zero-order valence-corrected chi connectivity index (χ0v) is 14.4. The molecule has 0 saturated heterocycles. The summed E-state index contributed by atoms with van der Waals surface area (Å²) in [5.74, 6) is 0.982. The molecule has 1 rings (SSSR count). The molecule has 1 atom stereocenters.